The maximum atomic E-state index is 12.4. The summed E-state index contributed by atoms with van der Waals surface area (Å²) in [4.78, 5) is 17.2. The minimum absolute atomic E-state index is 0.0187. The van der Waals surface area contributed by atoms with Crippen molar-refractivity contribution in [2.24, 2.45) is 5.14 Å². The van der Waals surface area contributed by atoms with Crippen LogP contribution in [-0.4, -0.2) is 47.7 Å². The molecule has 0 aliphatic carbocycles. The Kier molecular flexibility index (Phi) is 7.10. The molecule has 0 aliphatic rings. The number of primary sulfonamides is 1. The first-order chi connectivity index (χ1) is 17.2. The van der Waals surface area contributed by atoms with Gasteiger partial charge in [-0.05, 0) is 42.8 Å². The van der Waals surface area contributed by atoms with Crippen LogP contribution in [0.25, 0.3) is 22.6 Å². The van der Waals surface area contributed by atoms with E-state index in [2.05, 4.69) is 19.9 Å². The van der Waals surface area contributed by atoms with Gasteiger partial charge in [-0.2, -0.15) is 4.98 Å². The van der Waals surface area contributed by atoms with E-state index in [4.69, 9.17) is 19.3 Å². The number of aliphatic hydroxyl groups is 1. The van der Waals surface area contributed by atoms with Crippen LogP contribution in [0, 0.1) is 6.92 Å². The summed E-state index contributed by atoms with van der Waals surface area (Å²) >= 11 is 0. The Bertz CT molecular complexity index is 1530. The molecule has 0 saturated heterocycles. The van der Waals surface area contributed by atoms with E-state index in [1.165, 1.54) is 26.6 Å². The minimum Gasteiger partial charge on any atom is -0.493 e. The molecule has 11 nitrogen and oxygen atoms in total. The van der Waals surface area contributed by atoms with Crippen LogP contribution >= 0.6 is 0 Å². The van der Waals surface area contributed by atoms with Crippen molar-refractivity contribution in [3.8, 4) is 45.8 Å². The molecule has 4 aromatic rings. The van der Waals surface area contributed by atoms with Crippen molar-refractivity contribution >= 4 is 10.0 Å². The zero-order chi connectivity index (χ0) is 25.9. The zero-order valence-corrected chi connectivity index (χ0v) is 20.5. The van der Waals surface area contributed by atoms with Crippen LogP contribution in [-0.2, 0) is 16.6 Å². The van der Waals surface area contributed by atoms with Crippen molar-refractivity contribution in [1.29, 1.82) is 0 Å². The molecule has 0 bridgehead atoms. The van der Waals surface area contributed by atoms with Crippen molar-refractivity contribution in [1.82, 2.24) is 19.9 Å². The van der Waals surface area contributed by atoms with Crippen molar-refractivity contribution in [2.45, 2.75) is 18.6 Å². The van der Waals surface area contributed by atoms with Crippen LogP contribution in [0.4, 0.5) is 0 Å². The molecule has 0 unspecified atom stereocenters. The second-order valence-electron chi connectivity index (χ2n) is 7.59. The molecule has 3 heterocycles. The first-order valence-corrected chi connectivity index (χ1v) is 12.1. The number of rotatable bonds is 8. The summed E-state index contributed by atoms with van der Waals surface area (Å²) in [6.45, 7) is 1.46. The second kappa shape index (κ2) is 10.2. The molecule has 4 rings (SSSR count). The third-order valence-electron chi connectivity index (χ3n) is 5.06. The number of nitrogens with two attached hydrogens (primary N) is 1. The molecule has 0 fully saturated rings. The van der Waals surface area contributed by atoms with Crippen LogP contribution in [0.2, 0.25) is 0 Å². The Labute approximate surface area is 207 Å². The number of aliphatic hydroxyl groups excluding tert-OH is 1. The van der Waals surface area contributed by atoms with Gasteiger partial charge in [0.05, 0.1) is 26.5 Å². The normalized spacial score (nSPS) is 11.2. The van der Waals surface area contributed by atoms with Gasteiger partial charge in [-0.3, -0.25) is 4.98 Å². The number of hydrogen-bond acceptors (Lipinski definition) is 10. The van der Waals surface area contributed by atoms with Crippen molar-refractivity contribution in [3.63, 3.8) is 0 Å². The molecule has 0 amide bonds. The van der Waals surface area contributed by atoms with Crippen LogP contribution in [0.15, 0.2) is 59.9 Å². The van der Waals surface area contributed by atoms with E-state index < -0.39 is 15.0 Å². The summed E-state index contributed by atoms with van der Waals surface area (Å²) in [5.74, 6) is 0.961. The van der Waals surface area contributed by atoms with E-state index >= 15 is 0 Å². The highest BCUT2D eigenvalue weighted by molar-refractivity contribution is 7.89. The monoisotopic (exact) mass is 509 g/mol. The van der Waals surface area contributed by atoms with E-state index in [9.17, 15) is 13.5 Å². The number of aromatic nitrogens is 4. The summed E-state index contributed by atoms with van der Waals surface area (Å²) < 4.78 is 42.0. The maximum absolute atomic E-state index is 12.4. The highest BCUT2D eigenvalue weighted by Gasteiger charge is 2.27. The van der Waals surface area contributed by atoms with Gasteiger partial charge in [-0.15, -0.1) is 0 Å². The Balaban J connectivity index is 2.05. The number of aryl methyl sites for hydroxylation is 1. The standard InChI is InChI=1S/C24H23N5O6S/c1-14-10-17(24(27-12-14)36(25,31)32)20-21(35-19-7-5-4-6-18(19)33-2)23(34-3)29-22(28-20)15-8-9-26-16(11-15)13-30/h4-12,30H,13H2,1-3H3,(H2,25,31,32). The smallest absolute Gasteiger partial charge is 0.261 e. The van der Waals surface area contributed by atoms with Gasteiger partial charge < -0.3 is 19.3 Å². The lowest BCUT2D eigenvalue weighted by atomic mass is 10.1. The Morgan fingerprint density at radius 3 is 2.42 bits per heavy atom. The Morgan fingerprint density at radius 2 is 1.75 bits per heavy atom. The van der Waals surface area contributed by atoms with E-state index in [0.717, 1.165) is 0 Å². The van der Waals surface area contributed by atoms with Gasteiger partial charge in [0.25, 0.3) is 15.9 Å². The molecule has 36 heavy (non-hydrogen) atoms. The Morgan fingerprint density at radius 1 is 1.00 bits per heavy atom. The maximum Gasteiger partial charge on any atom is 0.261 e. The van der Waals surface area contributed by atoms with Gasteiger partial charge in [0.1, 0.15) is 5.69 Å². The first kappa shape index (κ1) is 25.0. The first-order valence-electron chi connectivity index (χ1n) is 10.6. The molecule has 0 spiro atoms. The summed E-state index contributed by atoms with van der Waals surface area (Å²) in [5, 5.41) is 14.6. The predicted molar refractivity (Wildman–Crippen MR) is 130 cm³/mol. The van der Waals surface area contributed by atoms with E-state index in [-0.39, 0.29) is 35.3 Å². The topological polar surface area (TPSA) is 160 Å². The zero-order valence-electron chi connectivity index (χ0n) is 19.7. The molecule has 0 saturated carbocycles. The van der Waals surface area contributed by atoms with Crippen LogP contribution in [0.3, 0.4) is 0 Å². The number of benzene rings is 1. The van der Waals surface area contributed by atoms with Gasteiger partial charge in [-0.1, -0.05) is 12.1 Å². The molecule has 12 heteroatoms. The van der Waals surface area contributed by atoms with Crippen LogP contribution in [0.1, 0.15) is 11.3 Å². The number of sulfonamides is 1. The van der Waals surface area contributed by atoms with E-state index in [1.54, 1.807) is 49.4 Å². The summed E-state index contributed by atoms with van der Waals surface area (Å²) in [6, 6.07) is 11.7. The molecule has 3 N–H and O–H groups in total. The molecule has 186 valence electrons. The SMILES string of the molecule is COc1ccccc1Oc1c(OC)nc(-c2ccnc(CO)c2)nc1-c1cc(C)cnc1S(N)(=O)=O. The molecule has 0 radical (unpaired) electrons. The van der Waals surface area contributed by atoms with Crippen LogP contribution in [0.5, 0.6) is 23.1 Å². The third kappa shape index (κ3) is 5.10. The minimum atomic E-state index is -4.24. The predicted octanol–water partition coefficient (Wildman–Crippen LogP) is 2.86. The van der Waals surface area contributed by atoms with Gasteiger partial charge in [0, 0.05) is 23.5 Å². The van der Waals surface area contributed by atoms with Crippen LogP contribution < -0.4 is 19.3 Å². The second-order valence-corrected chi connectivity index (χ2v) is 9.07. The number of hydrogen-bond donors (Lipinski definition) is 2. The fourth-order valence-electron chi connectivity index (χ4n) is 3.44. The average Bonchev–Trinajstić information content (AvgIpc) is 2.88. The highest BCUT2D eigenvalue weighted by atomic mass is 32.2. The largest absolute Gasteiger partial charge is 0.493 e. The van der Waals surface area contributed by atoms with Gasteiger partial charge in [0.2, 0.25) is 5.75 Å². The van der Waals surface area contributed by atoms with Crippen molar-refractivity contribution < 1.29 is 27.7 Å². The molecule has 0 atom stereocenters. The molecule has 3 aromatic heterocycles. The Hall–Kier alpha value is -4.13. The number of pyridine rings is 2. The fourth-order valence-corrected chi connectivity index (χ4v) is 4.10. The van der Waals surface area contributed by atoms with Gasteiger partial charge in [0.15, 0.2) is 22.3 Å². The van der Waals surface area contributed by atoms with Gasteiger partial charge >= 0.3 is 0 Å². The summed E-state index contributed by atoms with van der Waals surface area (Å²) in [5.41, 5.74) is 1.74. The number of ether oxygens (including phenoxy) is 3. The third-order valence-corrected chi connectivity index (χ3v) is 5.92. The average molecular weight is 510 g/mol. The van der Waals surface area contributed by atoms with Crippen molar-refractivity contribution in [3.05, 3.63) is 66.1 Å². The number of methoxy groups -OCH3 is 2. The fraction of sp³-hybridized carbons (Fsp3) is 0.167. The lowest BCUT2D eigenvalue weighted by Gasteiger charge is -2.18. The summed E-state index contributed by atoms with van der Waals surface area (Å²) in [7, 11) is -1.36. The summed E-state index contributed by atoms with van der Waals surface area (Å²) in [6.07, 6.45) is 2.89. The van der Waals surface area contributed by atoms with E-state index in [0.29, 0.717) is 28.3 Å². The van der Waals surface area contributed by atoms with E-state index in [1.807, 2.05) is 0 Å². The van der Waals surface area contributed by atoms with Gasteiger partial charge in [-0.25, -0.2) is 23.5 Å². The lowest BCUT2D eigenvalue weighted by Crippen LogP contribution is -2.16. The molecule has 0 aliphatic heterocycles. The van der Waals surface area contributed by atoms with Crippen molar-refractivity contribution in [2.75, 3.05) is 14.2 Å². The molecular weight excluding hydrogens is 486 g/mol. The number of nitrogens with zero attached hydrogens (tertiary/aromatic N) is 4. The number of para-hydroxylation sites is 2. The lowest BCUT2D eigenvalue weighted by molar-refractivity contribution is 0.277. The highest BCUT2D eigenvalue weighted by Crippen LogP contribution is 2.43. The molecule has 1 aromatic carbocycles. The quantitative estimate of drug-likeness (QED) is 0.361. The molecular formula is C24H23N5O6S.